The summed E-state index contributed by atoms with van der Waals surface area (Å²) >= 11 is 0. The molecule has 0 bridgehead atoms. The molecule has 1 fully saturated rings. The standard InChI is InChI=1S/C10H18O2Si/c1-3-9(2)10(11)12-13-7-5-4-6-8-13/h3,13H,4-8H2,1-2H3. The van der Waals surface area contributed by atoms with Gasteiger partial charge in [0.25, 0.3) is 0 Å². The molecule has 1 rings (SSSR count). The molecule has 1 aliphatic rings. The van der Waals surface area contributed by atoms with E-state index < -0.39 is 9.04 Å². The molecular weight excluding hydrogens is 180 g/mol. The van der Waals surface area contributed by atoms with Gasteiger partial charge in [0.2, 0.25) is 9.04 Å². The highest BCUT2D eigenvalue weighted by molar-refractivity contribution is 6.54. The molecule has 0 aromatic rings. The van der Waals surface area contributed by atoms with Crippen molar-refractivity contribution in [2.75, 3.05) is 0 Å². The lowest BCUT2D eigenvalue weighted by Gasteiger charge is -2.20. The number of carbonyl (C=O) groups excluding carboxylic acids is 1. The topological polar surface area (TPSA) is 26.3 Å². The molecule has 0 spiro atoms. The van der Waals surface area contributed by atoms with E-state index in [9.17, 15) is 4.79 Å². The Morgan fingerprint density at radius 1 is 1.31 bits per heavy atom. The summed E-state index contributed by atoms with van der Waals surface area (Å²) in [6, 6.07) is 2.37. The number of allylic oxidation sites excluding steroid dienone is 1. The summed E-state index contributed by atoms with van der Waals surface area (Å²) in [6.07, 6.45) is 5.67. The van der Waals surface area contributed by atoms with E-state index in [1.165, 1.54) is 31.4 Å². The summed E-state index contributed by atoms with van der Waals surface area (Å²) in [5.74, 6) is -0.0823. The zero-order chi connectivity index (χ0) is 9.68. The van der Waals surface area contributed by atoms with Gasteiger partial charge >= 0.3 is 5.97 Å². The molecule has 0 aromatic carbocycles. The molecule has 0 radical (unpaired) electrons. The average Bonchev–Trinajstić information content (AvgIpc) is 2.18. The molecule has 1 saturated heterocycles. The van der Waals surface area contributed by atoms with Gasteiger partial charge in [-0.3, -0.25) is 0 Å². The molecule has 0 saturated carbocycles. The second-order valence-electron chi connectivity index (χ2n) is 3.64. The summed E-state index contributed by atoms with van der Waals surface area (Å²) < 4.78 is 5.48. The van der Waals surface area contributed by atoms with Gasteiger partial charge in [-0.15, -0.1) is 0 Å². The molecule has 0 aliphatic carbocycles. The van der Waals surface area contributed by atoms with Crippen molar-refractivity contribution in [2.45, 2.75) is 45.2 Å². The molecule has 0 unspecified atom stereocenters. The second kappa shape index (κ2) is 5.22. The maximum absolute atomic E-state index is 11.4. The van der Waals surface area contributed by atoms with Crippen LogP contribution in [0.1, 0.15) is 33.1 Å². The van der Waals surface area contributed by atoms with Crippen molar-refractivity contribution in [3.05, 3.63) is 11.6 Å². The smallest absolute Gasteiger partial charge is 0.319 e. The average molecular weight is 198 g/mol. The Morgan fingerprint density at radius 3 is 2.46 bits per heavy atom. The predicted octanol–water partition coefficient (Wildman–Crippen LogP) is 2.40. The monoisotopic (exact) mass is 198 g/mol. The lowest BCUT2D eigenvalue weighted by molar-refractivity contribution is -0.130. The van der Waals surface area contributed by atoms with Gasteiger partial charge in [0, 0.05) is 5.57 Å². The first-order valence-corrected chi connectivity index (χ1v) is 7.18. The minimum Gasteiger partial charge on any atom is -0.519 e. The van der Waals surface area contributed by atoms with Crippen LogP contribution in [0.3, 0.4) is 0 Å². The molecule has 1 aliphatic heterocycles. The Bertz CT molecular complexity index is 205. The van der Waals surface area contributed by atoms with Crippen LogP contribution >= 0.6 is 0 Å². The van der Waals surface area contributed by atoms with Crippen molar-refractivity contribution in [3.63, 3.8) is 0 Å². The van der Waals surface area contributed by atoms with Crippen molar-refractivity contribution in [2.24, 2.45) is 0 Å². The molecule has 0 aromatic heterocycles. The van der Waals surface area contributed by atoms with Gasteiger partial charge in [0.15, 0.2) is 0 Å². The Hall–Kier alpha value is -0.573. The highest BCUT2D eigenvalue weighted by Gasteiger charge is 2.20. The summed E-state index contributed by atoms with van der Waals surface area (Å²) in [7, 11) is -1.14. The van der Waals surface area contributed by atoms with E-state index in [0.29, 0.717) is 0 Å². The van der Waals surface area contributed by atoms with Crippen LogP contribution < -0.4 is 0 Å². The molecule has 1 heterocycles. The second-order valence-corrected chi connectivity index (χ2v) is 6.27. The van der Waals surface area contributed by atoms with Gasteiger partial charge in [-0.2, -0.15) is 0 Å². The zero-order valence-corrected chi connectivity index (χ0v) is 9.66. The molecule has 3 heteroatoms. The summed E-state index contributed by atoms with van der Waals surface area (Å²) in [5, 5.41) is 0. The van der Waals surface area contributed by atoms with Crippen LogP contribution in [0.2, 0.25) is 12.1 Å². The highest BCUT2D eigenvalue weighted by Crippen LogP contribution is 2.20. The van der Waals surface area contributed by atoms with Gasteiger partial charge in [-0.25, -0.2) is 4.79 Å². The number of hydrogen-bond donors (Lipinski definition) is 0. The van der Waals surface area contributed by atoms with Crippen LogP contribution in [0.5, 0.6) is 0 Å². The Kier molecular flexibility index (Phi) is 4.22. The van der Waals surface area contributed by atoms with Crippen molar-refractivity contribution in [3.8, 4) is 0 Å². The first kappa shape index (κ1) is 10.5. The van der Waals surface area contributed by atoms with Crippen LogP contribution in [-0.2, 0) is 9.22 Å². The van der Waals surface area contributed by atoms with Crippen molar-refractivity contribution < 1.29 is 9.22 Å². The van der Waals surface area contributed by atoms with E-state index in [0.717, 1.165) is 5.57 Å². The van der Waals surface area contributed by atoms with Crippen molar-refractivity contribution in [1.82, 2.24) is 0 Å². The zero-order valence-electron chi connectivity index (χ0n) is 8.51. The quantitative estimate of drug-likeness (QED) is 0.503. The van der Waals surface area contributed by atoms with Gasteiger partial charge < -0.3 is 4.43 Å². The molecule has 2 nitrogen and oxygen atoms in total. The fourth-order valence-electron chi connectivity index (χ4n) is 1.55. The summed E-state index contributed by atoms with van der Waals surface area (Å²) in [6.45, 7) is 3.69. The summed E-state index contributed by atoms with van der Waals surface area (Å²) in [4.78, 5) is 11.4. The van der Waals surface area contributed by atoms with E-state index in [4.69, 9.17) is 4.43 Å². The first-order chi connectivity index (χ1) is 6.24. The van der Waals surface area contributed by atoms with E-state index in [2.05, 4.69) is 0 Å². The molecule has 0 N–H and O–H groups in total. The third kappa shape index (κ3) is 3.34. The molecule has 13 heavy (non-hydrogen) atoms. The van der Waals surface area contributed by atoms with Gasteiger partial charge in [0.1, 0.15) is 0 Å². The fourth-order valence-corrected chi connectivity index (χ4v) is 4.05. The number of rotatable bonds is 2. The molecule has 0 atom stereocenters. The molecule has 0 amide bonds. The van der Waals surface area contributed by atoms with Crippen LogP contribution in [-0.4, -0.2) is 15.0 Å². The van der Waals surface area contributed by atoms with Crippen LogP contribution in [0.4, 0.5) is 0 Å². The predicted molar refractivity (Wildman–Crippen MR) is 56.1 cm³/mol. The molecule has 74 valence electrons. The van der Waals surface area contributed by atoms with Gasteiger partial charge in [-0.05, 0) is 25.9 Å². The van der Waals surface area contributed by atoms with Gasteiger partial charge in [-0.1, -0.05) is 25.3 Å². The normalized spacial score (nSPS) is 20.0. The Balaban J connectivity index is 2.34. The van der Waals surface area contributed by atoms with E-state index >= 15 is 0 Å². The third-order valence-corrected chi connectivity index (χ3v) is 5.23. The number of hydrogen-bond acceptors (Lipinski definition) is 2. The van der Waals surface area contributed by atoms with E-state index in [1.54, 1.807) is 0 Å². The SMILES string of the molecule is CC=C(C)C(=O)O[SiH]1CCCCC1. The van der Waals surface area contributed by atoms with Crippen LogP contribution in [0.15, 0.2) is 11.6 Å². The Morgan fingerprint density at radius 2 is 1.92 bits per heavy atom. The third-order valence-electron chi connectivity index (χ3n) is 2.58. The minimum absolute atomic E-state index is 0.0823. The lowest BCUT2D eigenvalue weighted by Crippen LogP contribution is -2.24. The van der Waals surface area contributed by atoms with E-state index in [1.807, 2.05) is 19.9 Å². The maximum atomic E-state index is 11.4. The van der Waals surface area contributed by atoms with Crippen molar-refractivity contribution >= 4 is 15.0 Å². The molecular formula is C10H18O2Si. The largest absolute Gasteiger partial charge is 0.519 e. The first-order valence-electron chi connectivity index (χ1n) is 5.08. The lowest BCUT2D eigenvalue weighted by atomic mass is 10.3. The van der Waals surface area contributed by atoms with Gasteiger partial charge in [0.05, 0.1) is 0 Å². The van der Waals surface area contributed by atoms with Crippen molar-refractivity contribution in [1.29, 1.82) is 0 Å². The Labute approximate surface area is 81.7 Å². The van der Waals surface area contributed by atoms with E-state index in [-0.39, 0.29) is 5.97 Å². The van der Waals surface area contributed by atoms with Crippen LogP contribution in [0.25, 0.3) is 0 Å². The highest BCUT2D eigenvalue weighted by atomic mass is 28.3. The minimum atomic E-state index is -1.14. The number of carbonyl (C=O) groups is 1. The van der Waals surface area contributed by atoms with Crippen LogP contribution in [0, 0.1) is 0 Å². The maximum Gasteiger partial charge on any atom is 0.319 e. The summed E-state index contributed by atoms with van der Waals surface area (Å²) in [5.41, 5.74) is 0.748. The fraction of sp³-hybridized carbons (Fsp3) is 0.700.